The molecule has 1 aliphatic carbocycles. The minimum atomic E-state index is -4.77. The van der Waals surface area contributed by atoms with Gasteiger partial charge in [0.25, 0.3) is 0 Å². The Morgan fingerprint density at radius 1 is 1.04 bits per heavy atom. The van der Waals surface area contributed by atoms with Crippen LogP contribution in [0.1, 0.15) is 106 Å². The van der Waals surface area contributed by atoms with Gasteiger partial charge in [-0.2, -0.15) is 0 Å². The summed E-state index contributed by atoms with van der Waals surface area (Å²) in [6.45, 7) is 6.48. The number of alkyl halides is 3. The lowest BCUT2D eigenvalue weighted by Gasteiger charge is -2.38. The minimum Gasteiger partial charge on any atom is -0.490 e. The molecule has 3 aromatic rings. The smallest absolute Gasteiger partial charge is 0.490 e. The number of likely N-dealkylation sites (tertiary alicyclic amines) is 1. The number of carbonyl (C=O) groups is 1. The van der Waals surface area contributed by atoms with E-state index in [1.165, 1.54) is 30.9 Å². The molecule has 6 rings (SSSR count). The van der Waals surface area contributed by atoms with Crippen LogP contribution in [0.25, 0.3) is 0 Å². The largest absolute Gasteiger partial charge is 0.573 e. The summed E-state index contributed by atoms with van der Waals surface area (Å²) in [5, 5.41) is 18.3. The number of aliphatic carboxylic acids is 1. The summed E-state index contributed by atoms with van der Waals surface area (Å²) >= 11 is 0. The second-order valence-corrected chi connectivity index (χ2v) is 14.7. The van der Waals surface area contributed by atoms with Crippen LogP contribution in [-0.4, -0.2) is 56.5 Å². The highest BCUT2D eigenvalue weighted by Crippen LogP contribution is 2.48. The summed E-state index contributed by atoms with van der Waals surface area (Å²) in [6, 6.07) is 11.3. The first-order valence-electron chi connectivity index (χ1n) is 18.6. The lowest BCUT2D eigenvalue weighted by atomic mass is 9.81. The molecule has 11 heteroatoms. The molecular weight excluding hydrogens is 645 g/mol. The van der Waals surface area contributed by atoms with E-state index in [-0.39, 0.29) is 17.8 Å². The molecule has 1 saturated carbocycles. The van der Waals surface area contributed by atoms with E-state index in [4.69, 9.17) is 4.74 Å². The van der Waals surface area contributed by atoms with Crippen molar-refractivity contribution in [3.05, 3.63) is 70.5 Å². The van der Waals surface area contributed by atoms with Crippen LogP contribution in [0.15, 0.2) is 42.6 Å². The predicted molar refractivity (Wildman–Crippen MR) is 184 cm³/mol. The second kappa shape index (κ2) is 16.2. The average Bonchev–Trinajstić information content (AvgIpc) is 3.82. The molecule has 3 atom stereocenters. The first kappa shape index (κ1) is 36.2. The van der Waals surface area contributed by atoms with Crippen LogP contribution >= 0.6 is 0 Å². The van der Waals surface area contributed by atoms with Gasteiger partial charge in [-0.3, -0.25) is 14.4 Å². The monoisotopic (exact) mass is 696 g/mol. The molecule has 2 aliphatic heterocycles. The van der Waals surface area contributed by atoms with Crippen molar-refractivity contribution in [2.45, 2.75) is 122 Å². The lowest BCUT2D eigenvalue weighted by Crippen LogP contribution is -2.40. The van der Waals surface area contributed by atoms with E-state index in [9.17, 15) is 23.1 Å². The number of aromatic nitrogens is 3. The molecule has 2 fully saturated rings. The first-order valence-corrected chi connectivity index (χ1v) is 18.6. The van der Waals surface area contributed by atoms with Gasteiger partial charge in [0, 0.05) is 24.8 Å². The summed E-state index contributed by atoms with van der Waals surface area (Å²) in [5.74, 6) is 0.276. The Morgan fingerprint density at radius 3 is 2.56 bits per heavy atom. The molecule has 0 bridgehead atoms. The molecule has 0 radical (unpaired) electrons. The Balaban J connectivity index is 1.05. The quantitative estimate of drug-likeness (QED) is 0.151. The lowest BCUT2D eigenvalue weighted by molar-refractivity contribution is -0.275. The highest BCUT2D eigenvalue weighted by atomic mass is 19.4. The van der Waals surface area contributed by atoms with Crippen molar-refractivity contribution in [1.82, 2.24) is 19.9 Å². The standard InChI is InChI=1S/C39H51F3N4O4/c1-3-4-5-6-7-33-25-46(44-43-33)21-16-27-8-14-35(50-39(40,41)42)32(22-27)24-45-19-17-29(18-20-45)34-15-13-28-9-12-31(23-36(28)49-34)37(30-10-11-30)26(2)38(47)48/h8-9,12,14,22-23,25-26,29-30,34,37H,3-7,10-11,13,15-21,24H2,1-2H3,(H,47,48)/t26-,34+,37-/m0/s1. The Labute approximate surface area is 293 Å². The Bertz CT molecular complexity index is 1580. The third-order valence-electron chi connectivity index (χ3n) is 10.9. The SMILES string of the molecule is CCCCCCc1cn(CCc2ccc(OC(F)(F)F)c(CN3CCC([C@H]4CCc5ccc([C@H](C6CC6)[C@H](C)C(=O)O)cc5O4)CC3)c2)nn1. The van der Waals surface area contributed by atoms with Crippen LogP contribution in [-0.2, 0) is 37.1 Å². The normalized spacial score (nSPS) is 19.8. The van der Waals surface area contributed by atoms with Gasteiger partial charge in [-0.1, -0.05) is 62.6 Å². The van der Waals surface area contributed by atoms with E-state index >= 15 is 0 Å². The van der Waals surface area contributed by atoms with E-state index in [0.29, 0.717) is 36.9 Å². The number of halogens is 3. The topological polar surface area (TPSA) is 89.7 Å². The molecule has 1 N–H and O–H groups in total. The van der Waals surface area contributed by atoms with E-state index < -0.39 is 18.2 Å². The Hall–Kier alpha value is -3.60. The van der Waals surface area contributed by atoms with Crippen LogP contribution in [0.4, 0.5) is 13.2 Å². The number of carboxylic acids is 1. The molecule has 50 heavy (non-hydrogen) atoms. The number of ether oxygens (including phenoxy) is 2. The maximum absolute atomic E-state index is 13.4. The van der Waals surface area contributed by atoms with E-state index in [1.807, 2.05) is 16.9 Å². The molecule has 0 unspecified atom stereocenters. The van der Waals surface area contributed by atoms with Gasteiger partial charge in [0.15, 0.2) is 0 Å². The van der Waals surface area contributed by atoms with Crippen molar-refractivity contribution in [3.8, 4) is 11.5 Å². The molecular formula is C39H51F3N4O4. The van der Waals surface area contributed by atoms with Crippen LogP contribution in [0.3, 0.4) is 0 Å². The van der Waals surface area contributed by atoms with Gasteiger partial charge in [0.1, 0.15) is 17.6 Å². The Morgan fingerprint density at radius 2 is 1.84 bits per heavy atom. The highest BCUT2D eigenvalue weighted by molar-refractivity contribution is 5.71. The number of aryl methyl sites for hydroxylation is 4. The number of benzene rings is 2. The van der Waals surface area contributed by atoms with Gasteiger partial charge in [0.05, 0.1) is 11.6 Å². The molecule has 2 aromatic carbocycles. The van der Waals surface area contributed by atoms with Gasteiger partial charge in [-0.05, 0) is 117 Å². The molecule has 1 aromatic heterocycles. The zero-order valence-corrected chi connectivity index (χ0v) is 29.3. The fourth-order valence-corrected chi connectivity index (χ4v) is 7.92. The summed E-state index contributed by atoms with van der Waals surface area (Å²) in [4.78, 5) is 14.1. The molecule has 8 nitrogen and oxygen atoms in total. The summed E-state index contributed by atoms with van der Waals surface area (Å²) in [5.41, 5.74) is 4.66. The van der Waals surface area contributed by atoms with Gasteiger partial charge < -0.3 is 14.6 Å². The fraction of sp³-hybridized carbons (Fsp3) is 0.615. The van der Waals surface area contributed by atoms with Crippen LogP contribution < -0.4 is 9.47 Å². The second-order valence-electron chi connectivity index (χ2n) is 14.7. The van der Waals surface area contributed by atoms with Crippen LogP contribution in [0, 0.1) is 17.8 Å². The number of unbranched alkanes of at least 4 members (excludes halogenated alkanes) is 3. The van der Waals surface area contributed by atoms with Crippen molar-refractivity contribution >= 4 is 5.97 Å². The van der Waals surface area contributed by atoms with Gasteiger partial charge in [-0.25, -0.2) is 0 Å². The summed E-state index contributed by atoms with van der Waals surface area (Å²) in [6.07, 6.45) is 9.22. The molecule has 3 heterocycles. The molecule has 1 saturated heterocycles. The number of carboxylic acid groups (broad SMARTS) is 1. The molecule has 0 spiro atoms. The molecule has 0 amide bonds. The van der Waals surface area contributed by atoms with Crippen molar-refractivity contribution < 1.29 is 32.5 Å². The summed E-state index contributed by atoms with van der Waals surface area (Å²) in [7, 11) is 0. The van der Waals surface area contributed by atoms with Crippen LogP contribution in [0.2, 0.25) is 0 Å². The number of hydrogen-bond acceptors (Lipinski definition) is 6. The average molecular weight is 697 g/mol. The van der Waals surface area contributed by atoms with Crippen LogP contribution in [0.5, 0.6) is 11.5 Å². The summed E-state index contributed by atoms with van der Waals surface area (Å²) < 4.78 is 53.0. The number of fused-ring (bicyclic) bond motifs is 1. The van der Waals surface area contributed by atoms with E-state index in [2.05, 4.69) is 45.1 Å². The minimum absolute atomic E-state index is 0.00438. The zero-order chi connectivity index (χ0) is 35.3. The van der Waals surface area contributed by atoms with Crippen molar-refractivity contribution in [2.24, 2.45) is 17.8 Å². The van der Waals surface area contributed by atoms with E-state index in [1.54, 1.807) is 13.0 Å². The Kier molecular flexibility index (Phi) is 11.7. The van der Waals surface area contributed by atoms with Gasteiger partial charge >= 0.3 is 12.3 Å². The number of nitrogens with zero attached hydrogens (tertiary/aromatic N) is 4. The third-order valence-corrected chi connectivity index (χ3v) is 10.9. The van der Waals surface area contributed by atoms with Crippen molar-refractivity contribution in [1.29, 1.82) is 0 Å². The van der Waals surface area contributed by atoms with E-state index in [0.717, 1.165) is 87.0 Å². The number of piperidine rings is 1. The molecule has 272 valence electrons. The molecule has 3 aliphatic rings. The third kappa shape index (κ3) is 9.59. The van der Waals surface area contributed by atoms with Gasteiger partial charge in [-0.15, -0.1) is 18.3 Å². The fourth-order valence-electron chi connectivity index (χ4n) is 7.92. The van der Waals surface area contributed by atoms with Crippen molar-refractivity contribution in [2.75, 3.05) is 13.1 Å². The predicted octanol–water partition coefficient (Wildman–Crippen LogP) is 8.36. The zero-order valence-electron chi connectivity index (χ0n) is 29.3. The highest BCUT2D eigenvalue weighted by Gasteiger charge is 2.40. The number of hydrogen-bond donors (Lipinski definition) is 1. The maximum atomic E-state index is 13.4. The first-order chi connectivity index (χ1) is 24.1. The maximum Gasteiger partial charge on any atom is 0.573 e. The number of rotatable bonds is 16. The van der Waals surface area contributed by atoms with Gasteiger partial charge in [0.2, 0.25) is 0 Å². The van der Waals surface area contributed by atoms with Crippen molar-refractivity contribution in [3.63, 3.8) is 0 Å².